The zero-order valence-electron chi connectivity index (χ0n) is 12.8. The Morgan fingerprint density at radius 1 is 1.25 bits per heavy atom. The molecule has 1 atom stereocenters. The van der Waals surface area contributed by atoms with E-state index < -0.39 is 0 Å². The largest absolute Gasteiger partial charge is 0.497 e. The maximum atomic E-state index is 5.28. The number of nitrogens with zero attached hydrogens (tertiary/aromatic N) is 1. The summed E-state index contributed by atoms with van der Waals surface area (Å²) >= 11 is 1.85. The molecule has 20 heavy (non-hydrogen) atoms. The second-order valence-electron chi connectivity index (χ2n) is 5.11. The summed E-state index contributed by atoms with van der Waals surface area (Å²) in [6.07, 6.45) is 0. The average Bonchev–Trinajstić information content (AvgIpc) is 2.74. The third-order valence-electron chi connectivity index (χ3n) is 3.35. The van der Waals surface area contributed by atoms with Crippen molar-refractivity contribution < 1.29 is 4.74 Å². The normalized spacial score (nSPS) is 12.4. The van der Waals surface area contributed by atoms with Crippen LogP contribution in [-0.4, -0.2) is 12.1 Å². The summed E-state index contributed by atoms with van der Waals surface area (Å²) in [6.45, 7) is 9.26. The SMILES string of the molecule is COc1cc(C)nc(CNC(C)c2cc(C)sc2C)c1. The minimum absolute atomic E-state index is 0.327. The van der Waals surface area contributed by atoms with Crippen LogP contribution in [0.2, 0.25) is 0 Å². The lowest BCUT2D eigenvalue weighted by molar-refractivity contribution is 0.412. The molecule has 0 aromatic carbocycles. The minimum Gasteiger partial charge on any atom is -0.497 e. The van der Waals surface area contributed by atoms with Crippen LogP contribution in [0.3, 0.4) is 0 Å². The highest BCUT2D eigenvalue weighted by atomic mass is 32.1. The molecule has 0 radical (unpaired) electrons. The number of methoxy groups -OCH3 is 1. The van der Waals surface area contributed by atoms with Gasteiger partial charge in [-0.1, -0.05) is 0 Å². The van der Waals surface area contributed by atoms with E-state index in [1.807, 2.05) is 30.4 Å². The van der Waals surface area contributed by atoms with Crippen molar-refractivity contribution in [3.63, 3.8) is 0 Å². The van der Waals surface area contributed by atoms with Crippen LogP contribution in [0.4, 0.5) is 0 Å². The summed E-state index contributed by atoms with van der Waals surface area (Å²) in [7, 11) is 1.69. The van der Waals surface area contributed by atoms with Crippen molar-refractivity contribution in [2.75, 3.05) is 7.11 Å². The van der Waals surface area contributed by atoms with Gasteiger partial charge in [0.15, 0.2) is 0 Å². The van der Waals surface area contributed by atoms with Crippen LogP contribution in [-0.2, 0) is 6.54 Å². The molecule has 2 aromatic rings. The molecule has 0 fully saturated rings. The fourth-order valence-corrected chi connectivity index (χ4v) is 3.38. The molecule has 0 saturated carbocycles. The third-order valence-corrected chi connectivity index (χ3v) is 4.33. The van der Waals surface area contributed by atoms with E-state index in [2.05, 4.69) is 37.1 Å². The Hall–Kier alpha value is -1.39. The van der Waals surface area contributed by atoms with Gasteiger partial charge in [-0.2, -0.15) is 0 Å². The number of thiophene rings is 1. The number of rotatable bonds is 5. The lowest BCUT2D eigenvalue weighted by Gasteiger charge is -2.14. The zero-order valence-corrected chi connectivity index (χ0v) is 13.6. The third kappa shape index (κ3) is 3.58. The van der Waals surface area contributed by atoms with E-state index in [1.54, 1.807) is 7.11 Å². The molecule has 1 N–H and O–H groups in total. The molecule has 3 nitrogen and oxygen atoms in total. The maximum absolute atomic E-state index is 5.28. The average molecular weight is 290 g/mol. The molecule has 0 saturated heterocycles. The van der Waals surface area contributed by atoms with Gasteiger partial charge >= 0.3 is 0 Å². The van der Waals surface area contributed by atoms with Gasteiger partial charge in [-0.3, -0.25) is 4.98 Å². The van der Waals surface area contributed by atoms with Crippen LogP contribution in [0, 0.1) is 20.8 Å². The molecule has 0 aliphatic heterocycles. The Bertz CT molecular complexity index is 592. The first-order valence-corrected chi connectivity index (χ1v) is 7.63. The molecule has 4 heteroatoms. The standard InChI is InChI=1S/C16H22N2OS/c1-10-6-15(19-5)8-14(18-10)9-17-12(3)16-7-11(2)20-13(16)4/h6-8,12,17H,9H2,1-5H3. The van der Waals surface area contributed by atoms with Crippen LogP contribution in [0.1, 0.15) is 39.7 Å². The predicted molar refractivity (Wildman–Crippen MR) is 84.6 cm³/mol. The first kappa shape index (κ1) is 15.0. The predicted octanol–water partition coefficient (Wildman–Crippen LogP) is 3.93. The van der Waals surface area contributed by atoms with Crippen LogP contribution >= 0.6 is 11.3 Å². The van der Waals surface area contributed by atoms with Gasteiger partial charge < -0.3 is 10.1 Å². The van der Waals surface area contributed by atoms with Gasteiger partial charge in [0.1, 0.15) is 5.75 Å². The Kier molecular flexibility index (Phi) is 4.78. The molecule has 2 aromatic heterocycles. The first-order valence-electron chi connectivity index (χ1n) is 6.81. The molecule has 0 amide bonds. The fourth-order valence-electron chi connectivity index (χ4n) is 2.36. The van der Waals surface area contributed by atoms with E-state index in [0.29, 0.717) is 6.04 Å². The van der Waals surface area contributed by atoms with Gasteiger partial charge in [0.05, 0.1) is 12.8 Å². The Balaban J connectivity index is 2.05. The molecular weight excluding hydrogens is 268 g/mol. The first-order chi connectivity index (χ1) is 9.49. The number of aryl methyl sites for hydroxylation is 3. The van der Waals surface area contributed by atoms with Crippen molar-refractivity contribution in [2.24, 2.45) is 0 Å². The van der Waals surface area contributed by atoms with Gasteiger partial charge in [-0.05, 0) is 39.3 Å². The molecule has 2 heterocycles. The second-order valence-corrected chi connectivity index (χ2v) is 6.57. The molecule has 108 valence electrons. The van der Waals surface area contributed by atoms with E-state index in [-0.39, 0.29) is 0 Å². The number of aromatic nitrogens is 1. The maximum Gasteiger partial charge on any atom is 0.122 e. The topological polar surface area (TPSA) is 34.1 Å². The molecular formula is C16H22N2OS. The molecule has 1 unspecified atom stereocenters. The summed E-state index contributed by atoms with van der Waals surface area (Å²) in [4.78, 5) is 7.28. The molecule has 0 aliphatic rings. The number of ether oxygens (including phenoxy) is 1. The van der Waals surface area contributed by atoms with Crippen LogP contribution in [0.15, 0.2) is 18.2 Å². The van der Waals surface area contributed by atoms with Crippen molar-refractivity contribution in [2.45, 2.75) is 40.3 Å². The number of nitrogens with one attached hydrogen (secondary N) is 1. The van der Waals surface area contributed by atoms with Crippen molar-refractivity contribution >= 4 is 11.3 Å². The molecule has 0 bridgehead atoms. The van der Waals surface area contributed by atoms with Crippen molar-refractivity contribution in [1.82, 2.24) is 10.3 Å². The van der Waals surface area contributed by atoms with Crippen molar-refractivity contribution in [1.29, 1.82) is 0 Å². The van der Waals surface area contributed by atoms with Crippen LogP contribution < -0.4 is 10.1 Å². The van der Waals surface area contributed by atoms with E-state index in [4.69, 9.17) is 4.74 Å². The highest BCUT2D eigenvalue weighted by Gasteiger charge is 2.11. The lowest BCUT2D eigenvalue weighted by Crippen LogP contribution is -2.19. The lowest BCUT2D eigenvalue weighted by atomic mass is 10.1. The van der Waals surface area contributed by atoms with Crippen LogP contribution in [0.5, 0.6) is 5.75 Å². The van der Waals surface area contributed by atoms with E-state index in [0.717, 1.165) is 23.7 Å². The van der Waals surface area contributed by atoms with Crippen molar-refractivity contribution in [3.05, 3.63) is 44.9 Å². The van der Waals surface area contributed by atoms with E-state index in [1.165, 1.54) is 15.3 Å². The van der Waals surface area contributed by atoms with E-state index in [9.17, 15) is 0 Å². The Morgan fingerprint density at radius 3 is 2.60 bits per heavy atom. The molecule has 0 spiro atoms. The number of hydrogen-bond donors (Lipinski definition) is 1. The summed E-state index contributed by atoms with van der Waals surface area (Å²) in [5.41, 5.74) is 3.38. The van der Waals surface area contributed by atoms with E-state index >= 15 is 0 Å². The summed E-state index contributed by atoms with van der Waals surface area (Å²) < 4.78 is 5.28. The van der Waals surface area contributed by atoms with Gasteiger partial charge in [0.2, 0.25) is 0 Å². The van der Waals surface area contributed by atoms with Gasteiger partial charge in [-0.25, -0.2) is 0 Å². The summed E-state index contributed by atoms with van der Waals surface area (Å²) in [5, 5.41) is 3.54. The Labute approximate surface area is 125 Å². The van der Waals surface area contributed by atoms with Gasteiger partial charge in [-0.15, -0.1) is 11.3 Å². The van der Waals surface area contributed by atoms with Gasteiger partial charge in [0, 0.05) is 40.2 Å². The Morgan fingerprint density at radius 2 is 2.00 bits per heavy atom. The van der Waals surface area contributed by atoms with Crippen molar-refractivity contribution in [3.8, 4) is 5.75 Å². The smallest absolute Gasteiger partial charge is 0.122 e. The molecule has 0 aliphatic carbocycles. The zero-order chi connectivity index (χ0) is 14.7. The van der Waals surface area contributed by atoms with Crippen LogP contribution in [0.25, 0.3) is 0 Å². The number of pyridine rings is 1. The highest BCUT2D eigenvalue weighted by Crippen LogP contribution is 2.26. The molecule has 2 rings (SSSR count). The quantitative estimate of drug-likeness (QED) is 0.906. The van der Waals surface area contributed by atoms with Gasteiger partial charge in [0.25, 0.3) is 0 Å². The number of hydrogen-bond acceptors (Lipinski definition) is 4. The highest BCUT2D eigenvalue weighted by molar-refractivity contribution is 7.12. The minimum atomic E-state index is 0.327. The summed E-state index contributed by atoms with van der Waals surface area (Å²) in [6, 6.07) is 6.52. The fraction of sp³-hybridized carbons (Fsp3) is 0.438. The second kappa shape index (κ2) is 6.37. The summed E-state index contributed by atoms with van der Waals surface area (Å²) in [5.74, 6) is 0.865. The monoisotopic (exact) mass is 290 g/mol.